The molecule has 0 saturated carbocycles. The number of carbonyl (C=O) groups excluding carboxylic acids is 1. The SMILES string of the molecule is CN(Cc1c(F)cccc1Cl)C(=O)Cn1cnnn1. The first-order chi connectivity index (χ1) is 9.08. The zero-order valence-corrected chi connectivity index (χ0v) is 10.9. The summed E-state index contributed by atoms with van der Waals surface area (Å²) in [4.78, 5) is 13.2. The Morgan fingerprint density at radius 3 is 2.95 bits per heavy atom. The van der Waals surface area contributed by atoms with Gasteiger partial charge < -0.3 is 4.90 Å². The van der Waals surface area contributed by atoms with E-state index in [4.69, 9.17) is 11.6 Å². The third kappa shape index (κ3) is 3.25. The van der Waals surface area contributed by atoms with Crippen molar-refractivity contribution < 1.29 is 9.18 Å². The van der Waals surface area contributed by atoms with Gasteiger partial charge in [-0.1, -0.05) is 17.7 Å². The van der Waals surface area contributed by atoms with Crippen molar-refractivity contribution in [3.05, 3.63) is 40.9 Å². The van der Waals surface area contributed by atoms with Gasteiger partial charge in [-0.15, -0.1) is 5.10 Å². The second kappa shape index (κ2) is 5.75. The van der Waals surface area contributed by atoms with E-state index < -0.39 is 5.82 Å². The Labute approximate surface area is 113 Å². The van der Waals surface area contributed by atoms with Crippen LogP contribution in [0.2, 0.25) is 5.02 Å². The number of amides is 1. The van der Waals surface area contributed by atoms with Gasteiger partial charge in [0.2, 0.25) is 5.91 Å². The number of nitrogens with zero attached hydrogens (tertiary/aromatic N) is 5. The molecule has 100 valence electrons. The zero-order chi connectivity index (χ0) is 13.8. The van der Waals surface area contributed by atoms with Gasteiger partial charge in [-0.2, -0.15) is 0 Å². The molecular formula is C11H11ClFN5O. The first-order valence-corrected chi connectivity index (χ1v) is 5.83. The summed E-state index contributed by atoms with van der Waals surface area (Å²) >= 11 is 5.91. The van der Waals surface area contributed by atoms with Crippen molar-refractivity contribution in [2.75, 3.05) is 7.05 Å². The minimum atomic E-state index is -0.436. The summed E-state index contributed by atoms with van der Waals surface area (Å²) in [6, 6.07) is 4.41. The third-order valence-electron chi connectivity index (χ3n) is 2.57. The highest BCUT2D eigenvalue weighted by Gasteiger charge is 2.14. The van der Waals surface area contributed by atoms with Crippen LogP contribution in [0.1, 0.15) is 5.56 Å². The van der Waals surface area contributed by atoms with Crippen molar-refractivity contribution in [1.29, 1.82) is 0 Å². The number of likely N-dealkylation sites (N-methyl/N-ethyl adjacent to an activating group) is 1. The Kier molecular flexibility index (Phi) is 4.06. The van der Waals surface area contributed by atoms with E-state index in [-0.39, 0.29) is 24.6 Å². The van der Waals surface area contributed by atoms with Crippen molar-refractivity contribution in [3.8, 4) is 0 Å². The lowest BCUT2D eigenvalue weighted by Crippen LogP contribution is -2.30. The maximum atomic E-state index is 13.6. The molecule has 2 aromatic rings. The van der Waals surface area contributed by atoms with Gasteiger partial charge in [0.15, 0.2) is 0 Å². The predicted molar refractivity (Wildman–Crippen MR) is 65.7 cm³/mol. The number of benzene rings is 1. The molecule has 8 heteroatoms. The summed E-state index contributed by atoms with van der Waals surface area (Å²) in [5.41, 5.74) is 0.289. The highest BCUT2D eigenvalue weighted by molar-refractivity contribution is 6.31. The Morgan fingerprint density at radius 2 is 2.32 bits per heavy atom. The molecule has 1 amide bonds. The third-order valence-corrected chi connectivity index (χ3v) is 2.93. The topological polar surface area (TPSA) is 63.9 Å². The largest absolute Gasteiger partial charge is 0.340 e. The molecule has 6 nitrogen and oxygen atoms in total. The van der Waals surface area contributed by atoms with Crippen molar-refractivity contribution >= 4 is 17.5 Å². The van der Waals surface area contributed by atoms with E-state index in [2.05, 4.69) is 15.5 Å². The highest BCUT2D eigenvalue weighted by Crippen LogP contribution is 2.20. The van der Waals surface area contributed by atoms with E-state index in [9.17, 15) is 9.18 Å². The van der Waals surface area contributed by atoms with E-state index in [1.807, 2.05) is 0 Å². The van der Waals surface area contributed by atoms with Gasteiger partial charge in [0, 0.05) is 24.2 Å². The standard InChI is InChI=1S/C11H11ClFN5O/c1-17(11(19)6-18-7-14-15-16-18)5-8-9(12)3-2-4-10(8)13/h2-4,7H,5-6H2,1H3. The molecule has 0 atom stereocenters. The minimum absolute atomic E-state index is 0.00439. The van der Waals surface area contributed by atoms with Crippen LogP contribution in [0.25, 0.3) is 0 Å². The van der Waals surface area contributed by atoms with Crippen molar-refractivity contribution in [2.24, 2.45) is 0 Å². The number of carbonyl (C=O) groups is 1. The average Bonchev–Trinajstić information content (AvgIpc) is 2.86. The first kappa shape index (κ1) is 13.4. The number of halogens is 2. The molecule has 1 heterocycles. The van der Waals surface area contributed by atoms with Crippen molar-refractivity contribution in [3.63, 3.8) is 0 Å². The highest BCUT2D eigenvalue weighted by atomic mass is 35.5. The minimum Gasteiger partial charge on any atom is -0.340 e. The van der Waals surface area contributed by atoms with Gasteiger partial charge in [-0.3, -0.25) is 4.79 Å². The smallest absolute Gasteiger partial charge is 0.244 e. The van der Waals surface area contributed by atoms with Gasteiger partial charge >= 0.3 is 0 Å². The van der Waals surface area contributed by atoms with Gasteiger partial charge in [0.05, 0.1) is 0 Å². The Bertz CT molecular complexity index is 554. The number of tetrazole rings is 1. The lowest BCUT2D eigenvalue weighted by molar-refractivity contribution is -0.131. The van der Waals surface area contributed by atoms with Crippen molar-refractivity contribution in [2.45, 2.75) is 13.1 Å². The summed E-state index contributed by atoms with van der Waals surface area (Å²) in [6.45, 7) is 0.0854. The summed E-state index contributed by atoms with van der Waals surface area (Å²) in [5, 5.41) is 10.7. The van der Waals surface area contributed by atoms with E-state index in [0.29, 0.717) is 5.02 Å². The van der Waals surface area contributed by atoms with Crippen molar-refractivity contribution in [1.82, 2.24) is 25.1 Å². The molecule has 19 heavy (non-hydrogen) atoms. The molecule has 1 aromatic heterocycles. The summed E-state index contributed by atoms with van der Waals surface area (Å²) < 4.78 is 14.9. The van der Waals surface area contributed by atoms with E-state index in [1.54, 1.807) is 13.1 Å². The summed E-state index contributed by atoms with van der Waals surface area (Å²) in [7, 11) is 1.56. The Hall–Kier alpha value is -2.02. The van der Waals surface area contributed by atoms with Crippen LogP contribution in [0.3, 0.4) is 0 Å². The van der Waals surface area contributed by atoms with E-state index in [0.717, 1.165) is 0 Å². The normalized spacial score (nSPS) is 10.5. The first-order valence-electron chi connectivity index (χ1n) is 5.45. The number of rotatable bonds is 4. The fourth-order valence-electron chi connectivity index (χ4n) is 1.52. The van der Waals surface area contributed by atoms with E-state index >= 15 is 0 Å². The predicted octanol–water partition coefficient (Wildman–Crippen LogP) is 1.12. The van der Waals surface area contributed by atoms with Gasteiger partial charge in [0.25, 0.3) is 0 Å². The molecule has 2 rings (SSSR count). The fraction of sp³-hybridized carbons (Fsp3) is 0.273. The Morgan fingerprint density at radius 1 is 1.53 bits per heavy atom. The maximum Gasteiger partial charge on any atom is 0.244 e. The van der Waals surface area contributed by atoms with Crippen LogP contribution in [0.5, 0.6) is 0 Å². The average molecular weight is 284 g/mol. The zero-order valence-electron chi connectivity index (χ0n) is 10.1. The molecule has 0 spiro atoms. The number of hydrogen-bond acceptors (Lipinski definition) is 4. The second-order valence-electron chi connectivity index (χ2n) is 3.96. The lowest BCUT2D eigenvalue weighted by Gasteiger charge is -2.18. The maximum absolute atomic E-state index is 13.6. The Balaban J connectivity index is 2.04. The van der Waals surface area contributed by atoms with Crippen LogP contribution in [0.4, 0.5) is 4.39 Å². The molecule has 0 bridgehead atoms. The lowest BCUT2D eigenvalue weighted by atomic mass is 10.2. The number of hydrogen-bond donors (Lipinski definition) is 0. The molecule has 0 fully saturated rings. The molecule has 0 aliphatic rings. The quantitative estimate of drug-likeness (QED) is 0.844. The van der Waals surface area contributed by atoms with Crippen LogP contribution < -0.4 is 0 Å². The summed E-state index contributed by atoms with van der Waals surface area (Å²) in [5.74, 6) is -0.679. The molecule has 0 radical (unpaired) electrons. The molecular weight excluding hydrogens is 273 g/mol. The second-order valence-corrected chi connectivity index (χ2v) is 4.36. The van der Waals surface area contributed by atoms with Crippen LogP contribution in [-0.2, 0) is 17.9 Å². The van der Waals surface area contributed by atoms with E-state index in [1.165, 1.54) is 28.0 Å². The monoisotopic (exact) mass is 283 g/mol. The molecule has 0 aliphatic heterocycles. The van der Waals surface area contributed by atoms with Crippen LogP contribution in [0.15, 0.2) is 24.5 Å². The van der Waals surface area contributed by atoms with Crippen LogP contribution in [-0.4, -0.2) is 38.1 Å². The fourth-order valence-corrected chi connectivity index (χ4v) is 1.74. The number of aromatic nitrogens is 4. The van der Waals surface area contributed by atoms with Gasteiger partial charge in [-0.05, 0) is 22.6 Å². The molecule has 0 unspecified atom stereocenters. The van der Waals surface area contributed by atoms with Crippen LogP contribution in [0, 0.1) is 5.82 Å². The van der Waals surface area contributed by atoms with Gasteiger partial charge in [0.1, 0.15) is 18.7 Å². The van der Waals surface area contributed by atoms with Gasteiger partial charge in [-0.25, -0.2) is 9.07 Å². The van der Waals surface area contributed by atoms with Crippen LogP contribution >= 0.6 is 11.6 Å². The molecule has 0 N–H and O–H groups in total. The summed E-state index contributed by atoms with van der Waals surface area (Å²) in [6.07, 6.45) is 1.34. The molecule has 0 aliphatic carbocycles. The molecule has 1 aromatic carbocycles. The molecule has 0 saturated heterocycles.